The molecule has 0 bridgehead atoms. The summed E-state index contributed by atoms with van der Waals surface area (Å²) < 4.78 is 6.23. The molecule has 0 aliphatic rings. The summed E-state index contributed by atoms with van der Waals surface area (Å²) in [4.78, 5) is 10.1. The van der Waals surface area contributed by atoms with Gasteiger partial charge in [-0.05, 0) is 63.0 Å². The lowest BCUT2D eigenvalue weighted by Crippen LogP contribution is -1.96. The summed E-state index contributed by atoms with van der Waals surface area (Å²) in [5.74, 6) is 0.708. The summed E-state index contributed by atoms with van der Waals surface area (Å²) in [6.45, 7) is 0. The second kappa shape index (κ2) is 9.37. The van der Waals surface area contributed by atoms with Gasteiger partial charge >= 0.3 is 0 Å². The maximum absolute atomic E-state index is 6.23. The van der Waals surface area contributed by atoms with E-state index in [0.29, 0.717) is 5.82 Å². The standard InChI is InChI=1S/C40H24N2O/c1-3-10-25(11-4-1)34-24-35(26-12-5-2-6-13-26)42-40(41-34)29-15-7-14-27(22-29)28-20-21-30-31-16-8-18-36-38(31)39-32(33(30)23-28)17-9-19-37(39)43-36/h1-24H. The molecule has 0 aliphatic heterocycles. The monoisotopic (exact) mass is 548 g/mol. The van der Waals surface area contributed by atoms with Crippen molar-refractivity contribution < 1.29 is 4.42 Å². The van der Waals surface area contributed by atoms with E-state index in [4.69, 9.17) is 14.4 Å². The molecule has 9 rings (SSSR count). The van der Waals surface area contributed by atoms with Crippen molar-refractivity contribution in [3.8, 4) is 45.0 Å². The van der Waals surface area contributed by atoms with Crippen molar-refractivity contribution >= 4 is 43.5 Å². The minimum Gasteiger partial charge on any atom is -0.456 e. The van der Waals surface area contributed by atoms with E-state index in [2.05, 4.69) is 109 Å². The first-order chi connectivity index (χ1) is 21.3. The van der Waals surface area contributed by atoms with Crippen molar-refractivity contribution in [1.29, 1.82) is 0 Å². The zero-order valence-electron chi connectivity index (χ0n) is 23.2. The third kappa shape index (κ3) is 3.83. The van der Waals surface area contributed by atoms with Gasteiger partial charge in [-0.2, -0.15) is 0 Å². The first kappa shape index (κ1) is 23.9. The third-order valence-corrected chi connectivity index (χ3v) is 8.44. The topological polar surface area (TPSA) is 38.9 Å². The third-order valence-electron chi connectivity index (χ3n) is 8.44. The molecular weight excluding hydrogens is 524 g/mol. The highest BCUT2D eigenvalue weighted by Gasteiger charge is 2.17. The molecular formula is C40H24N2O. The zero-order chi connectivity index (χ0) is 28.3. The fourth-order valence-corrected chi connectivity index (χ4v) is 6.42. The number of furan rings is 1. The normalized spacial score (nSPS) is 11.7. The summed E-state index contributed by atoms with van der Waals surface area (Å²) in [6, 6.07) is 50.7. The van der Waals surface area contributed by atoms with Gasteiger partial charge in [0.15, 0.2) is 5.82 Å². The molecule has 0 saturated heterocycles. The highest BCUT2D eigenvalue weighted by Crippen LogP contribution is 2.43. The Kier molecular flexibility index (Phi) is 5.20. The van der Waals surface area contributed by atoms with Crippen LogP contribution in [0.2, 0.25) is 0 Å². The number of nitrogens with zero attached hydrogens (tertiary/aromatic N) is 2. The molecule has 2 aromatic heterocycles. The Balaban J connectivity index is 1.22. The first-order valence-corrected chi connectivity index (χ1v) is 14.5. The van der Waals surface area contributed by atoms with Crippen molar-refractivity contribution in [3.05, 3.63) is 146 Å². The Morgan fingerprint density at radius 3 is 1.53 bits per heavy atom. The van der Waals surface area contributed by atoms with E-state index in [1.165, 1.54) is 32.3 Å². The van der Waals surface area contributed by atoms with Gasteiger partial charge in [0.1, 0.15) is 11.2 Å². The van der Waals surface area contributed by atoms with Crippen LogP contribution in [0.5, 0.6) is 0 Å². The van der Waals surface area contributed by atoms with Gasteiger partial charge in [-0.1, -0.05) is 115 Å². The van der Waals surface area contributed by atoms with Crippen LogP contribution >= 0.6 is 0 Å². The van der Waals surface area contributed by atoms with Crippen molar-refractivity contribution in [1.82, 2.24) is 9.97 Å². The fraction of sp³-hybridized carbons (Fsp3) is 0. The number of fused-ring (bicyclic) bond motifs is 3. The first-order valence-electron chi connectivity index (χ1n) is 14.5. The Hall–Kier alpha value is -5.80. The lowest BCUT2D eigenvalue weighted by molar-refractivity contribution is 0.669. The quantitative estimate of drug-likeness (QED) is 0.205. The van der Waals surface area contributed by atoms with E-state index in [-0.39, 0.29) is 0 Å². The number of hydrogen-bond acceptors (Lipinski definition) is 3. The average molecular weight is 549 g/mol. The van der Waals surface area contributed by atoms with E-state index >= 15 is 0 Å². The predicted molar refractivity (Wildman–Crippen MR) is 177 cm³/mol. The van der Waals surface area contributed by atoms with Crippen LogP contribution in [0.25, 0.3) is 88.5 Å². The maximum atomic E-state index is 6.23. The SMILES string of the molecule is c1ccc(-c2cc(-c3ccccc3)nc(-c3cccc(-c4ccc5c(c4)c4cccc6oc7cccc5c7c64)c3)n2)cc1. The van der Waals surface area contributed by atoms with Crippen LogP contribution in [0.15, 0.2) is 150 Å². The molecule has 3 heteroatoms. The lowest BCUT2D eigenvalue weighted by Gasteiger charge is -2.12. The summed E-state index contributed by atoms with van der Waals surface area (Å²) >= 11 is 0. The molecule has 7 aromatic carbocycles. The van der Waals surface area contributed by atoms with Crippen LogP contribution in [-0.4, -0.2) is 9.97 Å². The Morgan fingerprint density at radius 1 is 0.349 bits per heavy atom. The van der Waals surface area contributed by atoms with Crippen LogP contribution in [0.3, 0.4) is 0 Å². The summed E-state index contributed by atoms with van der Waals surface area (Å²) in [7, 11) is 0. The van der Waals surface area contributed by atoms with Crippen molar-refractivity contribution in [2.24, 2.45) is 0 Å². The molecule has 9 aromatic rings. The zero-order valence-corrected chi connectivity index (χ0v) is 23.2. The molecule has 0 unspecified atom stereocenters. The van der Waals surface area contributed by atoms with Crippen molar-refractivity contribution in [2.45, 2.75) is 0 Å². The van der Waals surface area contributed by atoms with Gasteiger partial charge in [-0.15, -0.1) is 0 Å². The molecule has 43 heavy (non-hydrogen) atoms. The molecule has 0 spiro atoms. The van der Waals surface area contributed by atoms with Gasteiger partial charge in [0, 0.05) is 27.5 Å². The minimum absolute atomic E-state index is 0.708. The Morgan fingerprint density at radius 2 is 0.884 bits per heavy atom. The van der Waals surface area contributed by atoms with Gasteiger partial charge in [-0.3, -0.25) is 0 Å². The molecule has 200 valence electrons. The smallest absolute Gasteiger partial charge is 0.160 e. The van der Waals surface area contributed by atoms with Gasteiger partial charge in [0.05, 0.1) is 11.4 Å². The lowest BCUT2D eigenvalue weighted by atomic mass is 9.92. The second-order valence-corrected chi connectivity index (χ2v) is 11.0. The summed E-state index contributed by atoms with van der Waals surface area (Å²) in [5.41, 5.74) is 9.07. The van der Waals surface area contributed by atoms with Crippen LogP contribution in [-0.2, 0) is 0 Å². The van der Waals surface area contributed by atoms with Crippen LogP contribution in [0, 0.1) is 0 Å². The highest BCUT2D eigenvalue weighted by molar-refractivity contribution is 6.33. The minimum atomic E-state index is 0.708. The molecule has 0 amide bonds. The van der Waals surface area contributed by atoms with Crippen molar-refractivity contribution in [2.75, 3.05) is 0 Å². The van der Waals surface area contributed by atoms with Crippen molar-refractivity contribution in [3.63, 3.8) is 0 Å². The molecule has 2 heterocycles. The maximum Gasteiger partial charge on any atom is 0.160 e. The largest absolute Gasteiger partial charge is 0.456 e. The molecule has 0 radical (unpaired) electrons. The molecule has 0 aliphatic carbocycles. The van der Waals surface area contributed by atoms with E-state index in [1.54, 1.807) is 0 Å². The number of hydrogen-bond donors (Lipinski definition) is 0. The molecule has 0 saturated carbocycles. The van der Waals surface area contributed by atoms with Crippen LogP contribution < -0.4 is 0 Å². The van der Waals surface area contributed by atoms with E-state index in [9.17, 15) is 0 Å². The van der Waals surface area contributed by atoms with Gasteiger partial charge in [-0.25, -0.2) is 9.97 Å². The molecule has 0 atom stereocenters. The summed E-state index contributed by atoms with van der Waals surface area (Å²) in [6.07, 6.45) is 0. The average Bonchev–Trinajstić information content (AvgIpc) is 3.48. The Labute approximate surface area is 248 Å². The van der Waals surface area contributed by atoms with E-state index in [1.807, 2.05) is 36.4 Å². The van der Waals surface area contributed by atoms with Gasteiger partial charge in [0.2, 0.25) is 0 Å². The Bertz CT molecular complexity index is 2380. The molecule has 0 fully saturated rings. The number of aromatic nitrogens is 2. The summed E-state index contributed by atoms with van der Waals surface area (Å²) in [5, 5.41) is 7.31. The van der Waals surface area contributed by atoms with Crippen LogP contribution in [0.1, 0.15) is 0 Å². The highest BCUT2D eigenvalue weighted by atomic mass is 16.3. The van der Waals surface area contributed by atoms with Crippen LogP contribution in [0.4, 0.5) is 0 Å². The number of benzene rings is 7. The van der Waals surface area contributed by atoms with Gasteiger partial charge in [0.25, 0.3) is 0 Å². The second-order valence-electron chi connectivity index (χ2n) is 11.0. The predicted octanol–water partition coefficient (Wildman–Crippen LogP) is 10.8. The van der Waals surface area contributed by atoms with E-state index < -0.39 is 0 Å². The van der Waals surface area contributed by atoms with Gasteiger partial charge < -0.3 is 4.42 Å². The molecule has 0 N–H and O–H groups in total. The fourth-order valence-electron chi connectivity index (χ4n) is 6.42. The number of rotatable bonds is 4. The van der Waals surface area contributed by atoms with E-state index in [0.717, 1.165) is 50.4 Å². The molecule has 3 nitrogen and oxygen atoms in total.